The molecule has 6 rings (SSSR count). The zero-order chi connectivity index (χ0) is 41.1. The van der Waals surface area contributed by atoms with Crippen LogP contribution in [0.15, 0.2) is 0 Å². The number of amides is 3. The topological polar surface area (TPSA) is 201 Å². The fourth-order valence-corrected chi connectivity index (χ4v) is 13.6. The van der Waals surface area contributed by atoms with E-state index in [4.69, 9.17) is 14.2 Å². The van der Waals surface area contributed by atoms with E-state index < -0.39 is 52.8 Å². The highest BCUT2D eigenvalue weighted by Gasteiger charge is 2.68. The van der Waals surface area contributed by atoms with Gasteiger partial charge in [-0.05, 0) is 16.2 Å². The van der Waals surface area contributed by atoms with Crippen molar-refractivity contribution in [2.75, 3.05) is 38.6 Å². The van der Waals surface area contributed by atoms with Gasteiger partial charge in [0.2, 0.25) is 17.7 Å². The summed E-state index contributed by atoms with van der Waals surface area (Å²) in [7, 11) is 3.87. The summed E-state index contributed by atoms with van der Waals surface area (Å²) in [6.07, 6.45) is -2.92. The van der Waals surface area contributed by atoms with E-state index in [1.165, 1.54) is 56.6 Å². The number of aliphatic hydroxyl groups excluding tert-OH is 3. The number of ether oxygens (including phenoxy) is 3. The maximum Gasteiger partial charge on any atom is 0.335 e. The zero-order valence-corrected chi connectivity index (χ0v) is 35.7. The van der Waals surface area contributed by atoms with Crippen molar-refractivity contribution in [2.24, 2.45) is 16.2 Å². The minimum absolute atomic E-state index is 0.00222. The molecule has 0 saturated carbocycles. The summed E-state index contributed by atoms with van der Waals surface area (Å²) in [5, 5.41) is 30.1. The van der Waals surface area contributed by atoms with Crippen LogP contribution in [0, 0.1) is 16.2 Å². The van der Waals surface area contributed by atoms with Crippen molar-refractivity contribution in [3.63, 3.8) is 0 Å². The number of rotatable bonds is 3. The Balaban J connectivity index is 0.000000180. The third-order valence-electron chi connectivity index (χ3n) is 10.8. The molecule has 18 heteroatoms. The second-order valence-electron chi connectivity index (χ2n) is 17.8. The maximum absolute atomic E-state index is 12.1. The molecule has 306 valence electrons. The van der Waals surface area contributed by atoms with Crippen molar-refractivity contribution in [3.8, 4) is 0 Å². The largest absolute Gasteiger partial charge is 0.467 e. The van der Waals surface area contributed by atoms with Crippen molar-refractivity contribution >= 4 is 70.9 Å². The fourth-order valence-electron chi connectivity index (χ4n) is 8.13. The molecule has 0 aromatic carbocycles. The highest BCUT2D eigenvalue weighted by molar-refractivity contribution is 8.00. The summed E-state index contributed by atoms with van der Waals surface area (Å²) < 4.78 is 14.4. The molecule has 0 bridgehead atoms. The SMILES string of the molecule is COC(=O)[C@]12CS[C@H](C(C)(C)C)N1C(=O)C[C@@H]2O.COC(=O)[C@]12CS[C@H](C(C)(C)C)N1C(=O)C[C@@H]2O.COC(=O)[C@]12CS[C@H](C(C)(C)C)N1C(=O)C[C@@H]2O. The molecule has 54 heavy (non-hydrogen) atoms. The molecule has 9 atom stereocenters. The number of thioether (sulfide) groups is 3. The molecule has 6 saturated heterocycles. The maximum atomic E-state index is 12.1. The van der Waals surface area contributed by atoms with Gasteiger partial charge in [0.05, 0.1) is 75.0 Å². The Hall–Kier alpha value is -2.25. The van der Waals surface area contributed by atoms with Gasteiger partial charge in [0.25, 0.3) is 0 Å². The number of esters is 3. The minimum Gasteiger partial charge on any atom is -0.467 e. The average molecular weight is 820 g/mol. The van der Waals surface area contributed by atoms with Crippen LogP contribution in [-0.2, 0) is 43.0 Å². The van der Waals surface area contributed by atoms with E-state index in [0.717, 1.165) is 0 Å². The molecule has 3 N–H and O–H groups in total. The second kappa shape index (κ2) is 15.3. The van der Waals surface area contributed by atoms with Gasteiger partial charge in [-0.2, -0.15) is 0 Å². The van der Waals surface area contributed by atoms with Crippen LogP contribution < -0.4 is 0 Å². The zero-order valence-electron chi connectivity index (χ0n) is 33.3. The van der Waals surface area contributed by atoms with Crippen LogP contribution in [-0.4, -0.2) is 155 Å². The number of carbonyl (C=O) groups is 6. The summed E-state index contributed by atoms with van der Waals surface area (Å²) in [4.78, 5) is 77.1. The van der Waals surface area contributed by atoms with E-state index in [0.29, 0.717) is 17.3 Å². The first-order valence-electron chi connectivity index (χ1n) is 17.9. The van der Waals surface area contributed by atoms with Crippen LogP contribution in [0.5, 0.6) is 0 Å². The Bertz CT molecular complexity index is 1350. The number of hydrogen-bond donors (Lipinski definition) is 3. The summed E-state index contributed by atoms with van der Waals surface area (Å²) in [6.45, 7) is 18.2. The van der Waals surface area contributed by atoms with Gasteiger partial charge in [-0.15, -0.1) is 35.3 Å². The molecule has 0 spiro atoms. The Labute approximate surface area is 330 Å². The van der Waals surface area contributed by atoms with E-state index in [1.54, 1.807) is 14.7 Å². The van der Waals surface area contributed by atoms with Gasteiger partial charge in [-0.1, -0.05) is 62.3 Å². The highest BCUT2D eigenvalue weighted by Crippen LogP contribution is 2.53. The molecule has 6 aliphatic rings. The molecule has 6 aliphatic heterocycles. The van der Waals surface area contributed by atoms with E-state index in [1.807, 2.05) is 62.3 Å². The molecule has 0 radical (unpaired) electrons. The number of hydrogen-bond acceptors (Lipinski definition) is 15. The number of nitrogens with zero attached hydrogens (tertiary/aromatic N) is 3. The Morgan fingerprint density at radius 1 is 0.519 bits per heavy atom. The Morgan fingerprint density at radius 2 is 0.722 bits per heavy atom. The van der Waals surface area contributed by atoms with E-state index in [2.05, 4.69) is 0 Å². The average Bonchev–Trinajstić information content (AvgIpc) is 3.89. The predicted octanol–water partition coefficient (Wildman–Crippen LogP) is 1.83. The Morgan fingerprint density at radius 3 is 0.889 bits per heavy atom. The lowest BCUT2D eigenvalue weighted by Gasteiger charge is -2.38. The van der Waals surface area contributed by atoms with Crippen LogP contribution >= 0.6 is 35.3 Å². The molecule has 6 heterocycles. The van der Waals surface area contributed by atoms with Gasteiger partial charge in [0.15, 0.2) is 16.6 Å². The molecular weight excluding hydrogens is 763 g/mol. The lowest BCUT2D eigenvalue weighted by molar-refractivity contribution is -0.161. The summed E-state index contributed by atoms with van der Waals surface area (Å²) >= 11 is 4.61. The van der Waals surface area contributed by atoms with Gasteiger partial charge in [0.1, 0.15) is 0 Å². The van der Waals surface area contributed by atoms with Crippen molar-refractivity contribution in [3.05, 3.63) is 0 Å². The minimum atomic E-state index is -1.19. The number of methoxy groups -OCH3 is 3. The molecule has 0 aromatic heterocycles. The monoisotopic (exact) mass is 819 g/mol. The van der Waals surface area contributed by atoms with Gasteiger partial charge in [-0.25, -0.2) is 14.4 Å². The van der Waals surface area contributed by atoms with Crippen molar-refractivity contribution in [1.82, 2.24) is 14.7 Å². The third-order valence-corrected chi connectivity index (χ3v) is 16.3. The van der Waals surface area contributed by atoms with Crippen molar-refractivity contribution in [1.29, 1.82) is 0 Å². The first-order chi connectivity index (χ1) is 24.7. The van der Waals surface area contributed by atoms with Crippen LogP contribution in [0.4, 0.5) is 0 Å². The Kier molecular flexibility index (Phi) is 12.6. The number of fused-ring (bicyclic) bond motifs is 3. The molecule has 0 aromatic rings. The third kappa shape index (κ3) is 7.02. The normalized spacial score (nSPS) is 35.8. The number of carbonyl (C=O) groups excluding carboxylic acids is 6. The van der Waals surface area contributed by atoms with Crippen LogP contribution in [0.1, 0.15) is 81.6 Å². The molecule has 6 fully saturated rings. The molecule has 15 nitrogen and oxygen atoms in total. The first kappa shape index (κ1) is 44.5. The smallest absolute Gasteiger partial charge is 0.335 e. The molecule has 0 aliphatic carbocycles. The first-order valence-corrected chi connectivity index (χ1v) is 21.0. The van der Waals surface area contributed by atoms with Crippen LogP contribution in [0.2, 0.25) is 0 Å². The lowest BCUT2D eigenvalue weighted by Crippen LogP contribution is -2.59. The summed E-state index contributed by atoms with van der Waals surface area (Å²) in [5.41, 5.74) is -4.02. The summed E-state index contributed by atoms with van der Waals surface area (Å²) in [6, 6.07) is 0. The molecular formula is C36H57N3O12S3. The fraction of sp³-hybridized carbons (Fsp3) is 0.833. The quantitative estimate of drug-likeness (QED) is 0.275. The van der Waals surface area contributed by atoms with E-state index >= 15 is 0 Å². The van der Waals surface area contributed by atoms with Gasteiger partial charge in [-0.3, -0.25) is 14.4 Å². The standard InChI is InChI=1S/3C12H19NO4S/c3*1-11(2,3)9-13-8(15)5-7(14)12(13,6-18-9)10(16)17-4/h3*7,9,14H,5-6H2,1-4H3/t3*7-,9+,12+/m000/s1. The van der Waals surface area contributed by atoms with Gasteiger partial charge >= 0.3 is 17.9 Å². The van der Waals surface area contributed by atoms with Crippen LogP contribution in [0.3, 0.4) is 0 Å². The van der Waals surface area contributed by atoms with Gasteiger partial charge in [0, 0.05) is 17.3 Å². The lowest BCUT2D eigenvalue weighted by atomic mass is 9.91. The number of aliphatic hydroxyl groups is 3. The van der Waals surface area contributed by atoms with Crippen molar-refractivity contribution in [2.45, 2.75) is 133 Å². The molecule has 3 amide bonds. The van der Waals surface area contributed by atoms with Gasteiger partial charge < -0.3 is 44.2 Å². The summed E-state index contributed by atoms with van der Waals surface area (Å²) in [5.74, 6) is -0.855. The predicted molar refractivity (Wildman–Crippen MR) is 204 cm³/mol. The molecule has 0 unspecified atom stereocenters. The van der Waals surface area contributed by atoms with E-state index in [-0.39, 0.29) is 69.4 Å². The van der Waals surface area contributed by atoms with E-state index in [9.17, 15) is 44.1 Å². The second-order valence-corrected chi connectivity index (χ2v) is 21.0. The van der Waals surface area contributed by atoms with Crippen LogP contribution in [0.25, 0.3) is 0 Å². The van der Waals surface area contributed by atoms with Crippen molar-refractivity contribution < 1.29 is 58.3 Å². The highest BCUT2D eigenvalue weighted by atomic mass is 32.2.